The fourth-order valence-corrected chi connectivity index (χ4v) is 5.25. The second-order valence-corrected chi connectivity index (χ2v) is 8.90. The summed E-state index contributed by atoms with van der Waals surface area (Å²) in [6.07, 6.45) is 1.89. The number of hydrogen-bond acceptors (Lipinski definition) is 7. The maximum Gasteiger partial charge on any atom is 0.246 e. The zero-order chi connectivity index (χ0) is 20.5. The van der Waals surface area contributed by atoms with Gasteiger partial charge in [-0.05, 0) is 29.8 Å². The number of benzene rings is 2. The first-order chi connectivity index (χ1) is 14.7. The van der Waals surface area contributed by atoms with Crippen LogP contribution in [0.25, 0.3) is 0 Å². The van der Waals surface area contributed by atoms with Gasteiger partial charge in [0.15, 0.2) is 16.6 Å². The minimum absolute atomic E-state index is 0.0656. The van der Waals surface area contributed by atoms with Gasteiger partial charge in [-0.15, -0.1) is 23.1 Å². The van der Waals surface area contributed by atoms with Crippen molar-refractivity contribution >= 4 is 45.7 Å². The number of carbonyl (C=O) groups excluding carboxylic acids is 2. The van der Waals surface area contributed by atoms with Crippen LogP contribution in [0.5, 0.6) is 11.5 Å². The zero-order valence-electron chi connectivity index (χ0n) is 15.7. The summed E-state index contributed by atoms with van der Waals surface area (Å²) in [6.45, 7) is 0.143. The Morgan fingerprint density at radius 1 is 1.20 bits per heavy atom. The summed E-state index contributed by atoms with van der Waals surface area (Å²) in [5.41, 5.74) is 1.73. The Morgan fingerprint density at radius 2 is 2.07 bits per heavy atom. The smallest absolute Gasteiger partial charge is 0.246 e. The Balaban J connectivity index is 1.42. The average Bonchev–Trinajstić information content (AvgIpc) is 3.40. The Kier molecular flexibility index (Phi) is 5.06. The molecule has 2 aliphatic heterocycles. The van der Waals surface area contributed by atoms with E-state index in [9.17, 15) is 9.59 Å². The van der Waals surface area contributed by atoms with Crippen LogP contribution in [-0.2, 0) is 9.59 Å². The van der Waals surface area contributed by atoms with Gasteiger partial charge in [0.25, 0.3) is 0 Å². The van der Waals surface area contributed by atoms with E-state index < -0.39 is 0 Å². The Labute approximate surface area is 181 Å². The molecule has 0 fully saturated rings. The summed E-state index contributed by atoms with van der Waals surface area (Å²) in [6, 6.07) is 13.4. The lowest BCUT2D eigenvalue weighted by molar-refractivity contribution is -0.121. The minimum atomic E-state index is -0.278. The zero-order valence-corrected chi connectivity index (χ0v) is 17.4. The largest absolute Gasteiger partial charge is 0.454 e. The molecule has 1 atom stereocenters. The van der Waals surface area contributed by atoms with Crippen molar-refractivity contribution in [3.63, 3.8) is 0 Å². The number of aromatic nitrogens is 1. The molecule has 0 spiro atoms. The minimum Gasteiger partial charge on any atom is -0.454 e. The number of thiazole rings is 1. The highest BCUT2D eigenvalue weighted by Gasteiger charge is 2.31. The van der Waals surface area contributed by atoms with Gasteiger partial charge in [0, 0.05) is 28.1 Å². The van der Waals surface area contributed by atoms with Crippen LogP contribution in [0.1, 0.15) is 17.2 Å². The molecule has 3 heterocycles. The van der Waals surface area contributed by atoms with Crippen LogP contribution in [0.3, 0.4) is 0 Å². The summed E-state index contributed by atoms with van der Waals surface area (Å²) >= 11 is 2.95. The number of thioether (sulfide) groups is 1. The monoisotopic (exact) mass is 439 g/mol. The molecule has 1 N–H and O–H groups in total. The van der Waals surface area contributed by atoms with E-state index in [0.29, 0.717) is 16.6 Å². The average molecular weight is 440 g/mol. The van der Waals surface area contributed by atoms with Crippen LogP contribution in [0.15, 0.2) is 58.9 Å². The molecule has 30 heavy (non-hydrogen) atoms. The van der Waals surface area contributed by atoms with E-state index in [1.807, 2.05) is 42.5 Å². The second-order valence-electron chi connectivity index (χ2n) is 6.76. The molecule has 3 aromatic rings. The predicted octanol–water partition coefficient (Wildman–Crippen LogP) is 4.08. The van der Waals surface area contributed by atoms with Gasteiger partial charge in [0.1, 0.15) is 6.54 Å². The molecule has 0 radical (unpaired) electrons. The van der Waals surface area contributed by atoms with Crippen LogP contribution in [-0.4, -0.2) is 30.1 Å². The molecule has 0 saturated heterocycles. The molecule has 1 aromatic heterocycles. The number of para-hydroxylation sites is 1. The number of ether oxygens (including phenoxy) is 2. The number of fused-ring (bicyclic) bond motifs is 2. The molecule has 5 rings (SSSR count). The van der Waals surface area contributed by atoms with Crippen molar-refractivity contribution in [2.45, 2.75) is 16.6 Å². The summed E-state index contributed by atoms with van der Waals surface area (Å²) in [5.74, 6) is 1.02. The normalized spacial score (nSPS) is 17.4. The number of carbonyl (C=O) groups is 2. The predicted molar refractivity (Wildman–Crippen MR) is 115 cm³/mol. The molecule has 2 aliphatic rings. The Hall–Kier alpha value is -3.04. The van der Waals surface area contributed by atoms with Gasteiger partial charge in [-0.1, -0.05) is 18.2 Å². The first kappa shape index (κ1) is 19.0. The molecule has 2 amide bonds. The third kappa shape index (κ3) is 3.73. The fourth-order valence-electron chi connectivity index (χ4n) is 3.44. The summed E-state index contributed by atoms with van der Waals surface area (Å²) in [4.78, 5) is 32.3. The van der Waals surface area contributed by atoms with Gasteiger partial charge < -0.3 is 19.7 Å². The van der Waals surface area contributed by atoms with Crippen LogP contribution < -0.4 is 19.7 Å². The standard InChI is InChI=1S/C21H17N3O4S2/c25-19(23-21-22-7-8-29-21)11-24-14-3-1-2-4-17(14)30-18(10-20(24)26)13-5-6-15-16(9-13)28-12-27-15/h1-9,18H,10-12H2,(H,22,23,25). The van der Waals surface area contributed by atoms with E-state index in [0.717, 1.165) is 16.1 Å². The van der Waals surface area contributed by atoms with Gasteiger partial charge in [0.2, 0.25) is 18.6 Å². The number of anilines is 2. The quantitative estimate of drug-likeness (QED) is 0.660. The van der Waals surface area contributed by atoms with Gasteiger partial charge in [-0.3, -0.25) is 9.59 Å². The second kappa shape index (κ2) is 8.00. The molecule has 1 unspecified atom stereocenters. The maximum absolute atomic E-state index is 13.2. The Morgan fingerprint density at radius 3 is 2.93 bits per heavy atom. The molecular formula is C21H17N3O4S2. The molecule has 2 aromatic carbocycles. The van der Waals surface area contributed by atoms with Gasteiger partial charge in [0.05, 0.1) is 5.69 Å². The molecular weight excluding hydrogens is 422 g/mol. The van der Waals surface area contributed by atoms with Gasteiger partial charge in [-0.2, -0.15) is 0 Å². The van der Waals surface area contributed by atoms with E-state index in [1.165, 1.54) is 11.3 Å². The fraction of sp³-hybridized carbons (Fsp3) is 0.190. The highest BCUT2D eigenvalue weighted by atomic mass is 32.2. The topological polar surface area (TPSA) is 80.8 Å². The van der Waals surface area contributed by atoms with Crippen LogP contribution in [0.4, 0.5) is 10.8 Å². The van der Waals surface area contributed by atoms with Crippen LogP contribution >= 0.6 is 23.1 Å². The third-order valence-electron chi connectivity index (χ3n) is 4.84. The maximum atomic E-state index is 13.2. The van der Waals surface area contributed by atoms with Crippen LogP contribution in [0, 0.1) is 0 Å². The molecule has 152 valence electrons. The number of nitrogens with zero attached hydrogens (tertiary/aromatic N) is 2. The molecule has 7 nitrogen and oxygen atoms in total. The van der Waals surface area contributed by atoms with Crippen molar-refractivity contribution in [3.05, 3.63) is 59.6 Å². The summed E-state index contributed by atoms with van der Waals surface area (Å²) in [5, 5.41) is 4.96. The van der Waals surface area contributed by atoms with Gasteiger partial charge >= 0.3 is 0 Å². The number of rotatable bonds is 4. The van der Waals surface area contributed by atoms with Crippen molar-refractivity contribution in [1.29, 1.82) is 0 Å². The van der Waals surface area contributed by atoms with E-state index in [4.69, 9.17) is 9.47 Å². The van der Waals surface area contributed by atoms with E-state index in [1.54, 1.807) is 28.2 Å². The van der Waals surface area contributed by atoms with Crippen molar-refractivity contribution < 1.29 is 19.1 Å². The van der Waals surface area contributed by atoms with Crippen molar-refractivity contribution in [2.75, 3.05) is 23.6 Å². The molecule has 9 heteroatoms. The molecule has 0 aliphatic carbocycles. The lowest BCUT2D eigenvalue weighted by atomic mass is 10.1. The highest BCUT2D eigenvalue weighted by molar-refractivity contribution is 7.99. The highest BCUT2D eigenvalue weighted by Crippen LogP contribution is 2.47. The van der Waals surface area contributed by atoms with Crippen molar-refractivity contribution in [2.24, 2.45) is 0 Å². The number of nitrogens with one attached hydrogen (secondary N) is 1. The molecule has 0 bridgehead atoms. The number of amides is 2. The van der Waals surface area contributed by atoms with E-state index >= 15 is 0 Å². The lowest BCUT2D eigenvalue weighted by Gasteiger charge is -2.21. The Bertz CT molecular complexity index is 1100. The first-order valence-electron chi connectivity index (χ1n) is 9.32. The first-order valence-corrected chi connectivity index (χ1v) is 11.1. The van der Waals surface area contributed by atoms with Gasteiger partial charge in [-0.25, -0.2) is 4.98 Å². The summed E-state index contributed by atoms with van der Waals surface area (Å²) < 4.78 is 10.9. The van der Waals surface area contributed by atoms with Crippen molar-refractivity contribution in [1.82, 2.24) is 4.98 Å². The summed E-state index contributed by atoms with van der Waals surface area (Å²) in [7, 11) is 0. The van der Waals surface area contributed by atoms with E-state index in [-0.39, 0.29) is 36.8 Å². The van der Waals surface area contributed by atoms with Crippen LogP contribution in [0.2, 0.25) is 0 Å². The third-order valence-corrected chi connectivity index (χ3v) is 6.85. The van der Waals surface area contributed by atoms with E-state index in [2.05, 4.69) is 10.3 Å². The molecule has 0 saturated carbocycles. The SMILES string of the molecule is O=C(CN1C(=O)CC(c2ccc3c(c2)OCO3)Sc2ccccc21)Nc1nccs1. The van der Waals surface area contributed by atoms with Crippen molar-refractivity contribution in [3.8, 4) is 11.5 Å². The lowest BCUT2D eigenvalue weighted by Crippen LogP contribution is -2.38. The number of hydrogen-bond donors (Lipinski definition) is 1.